The van der Waals surface area contributed by atoms with Crippen molar-refractivity contribution in [1.29, 1.82) is 0 Å². The molecule has 2 heterocycles. The monoisotopic (exact) mass is 432 g/mol. The minimum Gasteiger partial charge on any atom is -0.440 e. The molecule has 0 saturated heterocycles. The first-order chi connectivity index (χ1) is 14.7. The predicted octanol–water partition coefficient (Wildman–Crippen LogP) is 5.08. The van der Waals surface area contributed by atoms with E-state index in [9.17, 15) is 4.79 Å². The number of carbonyl (C=O) groups excluding carboxylic acids is 1. The third kappa shape index (κ3) is 2.59. The Hall–Kier alpha value is -2.92. The molecule has 0 unspecified atom stereocenters. The summed E-state index contributed by atoms with van der Waals surface area (Å²) in [4.78, 5) is 19.8. The van der Waals surface area contributed by atoms with Gasteiger partial charge in [0.25, 0.3) is 0 Å². The van der Waals surface area contributed by atoms with Crippen molar-refractivity contribution in [2.24, 2.45) is 0 Å². The van der Waals surface area contributed by atoms with Crippen molar-refractivity contribution in [2.75, 3.05) is 50.5 Å². The summed E-state index contributed by atoms with van der Waals surface area (Å²) in [7, 11) is 6.90. The third-order valence-electron chi connectivity index (χ3n) is 6.59. The number of nitrogens with zero attached hydrogens (tertiary/aromatic N) is 2. The number of carbonyl (C=O) groups is 1. The molecular weight excluding hydrogens is 404 g/mol. The molecule has 1 spiro atoms. The average molecular weight is 433 g/mol. The van der Waals surface area contributed by atoms with E-state index in [1.807, 2.05) is 24.3 Å². The molecule has 0 amide bonds. The van der Waals surface area contributed by atoms with E-state index >= 15 is 0 Å². The molecule has 3 aromatic rings. The van der Waals surface area contributed by atoms with Crippen molar-refractivity contribution in [3.63, 3.8) is 0 Å². The summed E-state index contributed by atoms with van der Waals surface area (Å²) < 4.78 is 6.35. The molecular formula is C26H28N2O2S. The Labute approximate surface area is 185 Å². The number of anilines is 2. The zero-order valence-corrected chi connectivity index (χ0v) is 19.7. The van der Waals surface area contributed by atoms with Crippen LogP contribution in [0.15, 0.2) is 70.5 Å². The van der Waals surface area contributed by atoms with Crippen LogP contribution < -0.4 is 9.80 Å². The van der Waals surface area contributed by atoms with Crippen LogP contribution in [0.5, 0.6) is 0 Å². The lowest BCUT2D eigenvalue weighted by Crippen LogP contribution is -2.35. The molecule has 2 aliphatic rings. The fourth-order valence-electron chi connectivity index (χ4n) is 4.89. The van der Waals surface area contributed by atoms with E-state index in [-0.39, 0.29) is 5.97 Å². The van der Waals surface area contributed by atoms with Crippen LogP contribution in [-0.2, 0) is 10.3 Å². The van der Waals surface area contributed by atoms with E-state index in [1.54, 1.807) is 0 Å². The summed E-state index contributed by atoms with van der Waals surface area (Å²) in [6, 6.07) is 21.0. The molecule has 3 aromatic carbocycles. The smallest absolute Gasteiger partial charge is 0.340 e. The van der Waals surface area contributed by atoms with E-state index < -0.39 is 15.6 Å². The van der Waals surface area contributed by atoms with Gasteiger partial charge in [0.1, 0.15) is 0 Å². The second-order valence-electron chi connectivity index (χ2n) is 9.09. The Bertz CT molecular complexity index is 1170. The van der Waals surface area contributed by atoms with Crippen molar-refractivity contribution >= 4 is 27.4 Å². The molecule has 5 heteroatoms. The maximum absolute atomic E-state index is 13.0. The Morgan fingerprint density at radius 1 is 0.742 bits per heavy atom. The number of hydrogen-bond acceptors (Lipinski definition) is 4. The Morgan fingerprint density at radius 2 is 1.26 bits per heavy atom. The van der Waals surface area contributed by atoms with Crippen molar-refractivity contribution in [3.8, 4) is 0 Å². The van der Waals surface area contributed by atoms with E-state index in [0.29, 0.717) is 5.56 Å². The van der Waals surface area contributed by atoms with Gasteiger partial charge in [0, 0.05) is 66.0 Å². The van der Waals surface area contributed by atoms with Crippen molar-refractivity contribution in [2.45, 2.75) is 15.4 Å². The molecule has 0 fully saturated rings. The summed E-state index contributed by atoms with van der Waals surface area (Å²) in [5.41, 5.74) is 5.16. The number of ether oxygens (including phenoxy) is 1. The van der Waals surface area contributed by atoms with Gasteiger partial charge in [-0.2, -0.15) is 10.0 Å². The second kappa shape index (κ2) is 6.54. The normalized spacial score (nSPS) is 17.9. The van der Waals surface area contributed by atoms with Crippen molar-refractivity contribution in [1.82, 2.24) is 0 Å². The van der Waals surface area contributed by atoms with Gasteiger partial charge >= 0.3 is 5.97 Å². The average Bonchev–Trinajstić information content (AvgIpc) is 3.05. The Balaban J connectivity index is 1.92. The quantitative estimate of drug-likeness (QED) is 0.529. The zero-order chi connectivity index (χ0) is 22.1. The first-order valence-electron chi connectivity index (χ1n) is 10.4. The summed E-state index contributed by atoms with van der Waals surface area (Å²) in [6.07, 6.45) is 4.69. The highest BCUT2D eigenvalue weighted by Crippen LogP contribution is 2.69. The second-order valence-corrected chi connectivity index (χ2v) is 12.6. The van der Waals surface area contributed by atoms with E-state index in [2.05, 4.69) is 86.9 Å². The highest BCUT2D eigenvalue weighted by atomic mass is 32.3. The lowest BCUT2D eigenvalue weighted by Gasteiger charge is -2.47. The minimum absolute atomic E-state index is 0.254. The fourth-order valence-corrected chi connectivity index (χ4v) is 7.48. The maximum Gasteiger partial charge on any atom is 0.340 e. The molecule has 0 N–H and O–H groups in total. The highest BCUT2D eigenvalue weighted by Gasteiger charge is 2.54. The molecule has 160 valence electrons. The Morgan fingerprint density at radius 3 is 1.77 bits per heavy atom. The first kappa shape index (κ1) is 20.0. The molecule has 0 radical (unpaired) electrons. The number of hydrogen-bond donors (Lipinski definition) is 0. The van der Waals surface area contributed by atoms with Gasteiger partial charge in [-0.3, -0.25) is 0 Å². The first-order valence-corrected chi connectivity index (χ1v) is 12.8. The lowest BCUT2D eigenvalue weighted by atomic mass is 9.79. The largest absolute Gasteiger partial charge is 0.440 e. The molecule has 2 aliphatic heterocycles. The minimum atomic E-state index is -1.34. The topological polar surface area (TPSA) is 32.8 Å². The number of rotatable bonds is 2. The van der Waals surface area contributed by atoms with E-state index in [4.69, 9.17) is 4.74 Å². The summed E-state index contributed by atoms with van der Waals surface area (Å²) in [5, 5.41) is 0. The van der Waals surface area contributed by atoms with Gasteiger partial charge in [-0.1, -0.05) is 30.3 Å². The molecule has 0 bridgehead atoms. The van der Waals surface area contributed by atoms with Crippen LogP contribution in [0.4, 0.5) is 11.4 Å². The van der Waals surface area contributed by atoms with Crippen LogP contribution >= 0.6 is 10.0 Å². The Kier molecular flexibility index (Phi) is 4.22. The molecule has 31 heavy (non-hydrogen) atoms. The summed E-state index contributed by atoms with van der Waals surface area (Å²) in [5.74, 6) is -0.254. The van der Waals surface area contributed by atoms with Gasteiger partial charge in [0.15, 0.2) is 5.60 Å². The molecule has 4 nitrogen and oxygen atoms in total. The van der Waals surface area contributed by atoms with Crippen LogP contribution in [-0.4, -0.2) is 46.7 Å². The van der Waals surface area contributed by atoms with Gasteiger partial charge in [0.05, 0.1) is 5.56 Å². The van der Waals surface area contributed by atoms with Crippen LogP contribution in [0.3, 0.4) is 0 Å². The maximum atomic E-state index is 13.0. The van der Waals surface area contributed by atoms with Gasteiger partial charge < -0.3 is 14.5 Å². The van der Waals surface area contributed by atoms with Gasteiger partial charge in [-0.15, -0.1) is 0 Å². The van der Waals surface area contributed by atoms with E-state index in [1.165, 1.54) is 9.79 Å². The number of esters is 1. The molecule has 0 aromatic heterocycles. The zero-order valence-electron chi connectivity index (χ0n) is 18.9. The van der Waals surface area contributed by atoms with Crippen LogP contribution in [0, 0.1) is 0 Å². The number of benzene rings is 3. The number of fused-ring (bicyclic) bond motifs is 6. The van der Waals surface area contributed by atoms with E-state index in [0.717, 1.165) is 28.1 Å². The highest BCUT2D eigenvalue weighted by molar-refractivity contribution is 8.32. The van der Waals surface area contributed by atoms with Crippen molar-refractivity contribution in [3.05, 3.63) is 82.9 Å². The standard InChI is InChI=1S/C26H28N2O2S/c1-27(2)17-11-13-21-23(15-17)31(5,6)24-16-18(28(3)4)12-14-22(24)26(21)20-10-8-7-9-19(20)25(29)30-26/h7-16H,1-6H3. The van der Waals surface area contributed by atoms with Crippen LogP contribution in [0.1, 0.15) is 27.0 Å². The van der Waals surface area contributed by atoms with Gasteiger partial charge in [0.2, 0.25) is 0 Å². The third-order valence-corrected chi connectivity index (χ3v) is 9.47. The van der Waals surface area contributed by atoms with Gasteiger partial charge in [-0.05, 0) is 42.8 Å². The molecule has 0 saturated carbocycles. The van der Waals surface area contributed by atoms with Crippen molar-refractivity contribution < 1.29 is 9.53 Å². The summed E-state index contributed by atoms with van der Waals surface area (Å²) >= 11 is 0. The lowest BCUT2D eigenvalue weighted by molar-refractivity contribution is 0.0232. The molecule has 5 rings (SSSR count). The SMILES string of the molecule is CN(C)c1ccc2c(c1)S(C)(C)c1cc(N(C)C)ccc1C21OC(=O)c2ccccc21. The molecule has 0 atom stereocenters. The molecule has 0 aliphatic carbocycles. The summed E-state index contributed by atoms with van der Waals surface area (Å²) in [6.45, 7) is 0. The predicted molar refractivity (Wildman–Crippen MR) is 129 cm³/mol. The van der Waals surface area contributed by atoms with Crippen LogP contribution in [0.2, 0.25) is 0 Å². The van der Waals surface area contributed by atoms with Gasteiger partial charge in [-0.25, -0.2) is 4.79 Å². The fraction of sp³-hybridized carbons (Fsp3) is 0.269. The van der Waals surface area contributed by atoms with Crippen LogP contribution in [0.25, 0.3) is 0 Å².